The van der Waals surface area contributed by atoms with Gasteiger partial charge in [-0.25, -0.2) is 0 Å². The van der Waals surface area contributed by atoms with Gasteiger partial charge in [-0.05, 0) is 25.7 Å². The van der Waals surface area contributed by atoms with Crippen molar-refractivity contribution in [3.8, 4) is 0 Å². The highest BCUT2D eigenvalue weighted by Crippen LogP contribution is 2.23. The van der Waals surface area contributed by atoms with Gasteiger partial charge in [0.2, 0.25) is 0 Å². The maximum absolute atomic E-state index is 2.61. The zero-order valence-electron chi connectivity index (χ0n) is 21.2. The van der Waals surface area contributed by atoms with Crippen LogP contribution in [0.3, 0.4) is 0 Å². The van der Waals surface area contributed by atoms with E-state index >= 15 is 0 Å². The fourth-order valence-electron chi connectivity index (χ4n) is 4.72. The molecule has 0 atom stereocenters. The maximum atomic E-state index is 2.61. The second kappa shape index (κ2) is 20.3. The highest BCUT2D eigenvalue weighted by Gasteiger charge is 2.24. The smallest absolute Gasteiger partial charge is 0.101 e. The SMILES string of the molecule is CCCCCCCCCCCCCCCCCC1N(CCCC)C=CN1CCCC. The summed E-state index contributed by atoms with van der Waals surface area (Å²) in [6, 6.07) is 0. The summed E-state index contributed by atoms with van der Waals surface area (Å²) in [6.45, 7) is 9.38. The van der Waals surface area contributed by atoms with Crippen LogP contribution in [0, 0.1) is 0 Å². The highest BCUT2D eigenvalue weighted by molar-refractivity contribution is 4.96. The van der Waals surface area contributed by atoms with E-state index in [0.29, 0.717) is 6.17 Å². The number of unbranched alkanes of at least 4 members (excludes halogenated alkanes) is 16. The van der Waals surface area contributed by atoms with Crippen molar-refractivity contribution in [1.82, 2.24) is 9.80 Å². The van der Waals surface area contributed by atoms with Gasteiger partial charge < -0.3 is 9.80 Å². The van der Waals surface area contributed by atoms with Crippen molar-refractivity contribution in [2.24, 2.45) is 0 Å². The molecular formula is C28H56N2. The number of hydrogen-bond acceptors (Lipinski definition) is 2. The third-order valence-electron chi connectivity index (χ3n) is 6.82. The largest absolute Gasteiger partial charge is 0.356 e. The first kappa shape index (κ1) is 27.4. The van der Waals surface area contributed by atoms with Gasteiger partial charge in [-0.1, -0.05) is 124 Å². The Balaban J connectivity index is 1.97. The van der Waals surface area contributed by atoms with E-state index in [9.17, 15) is 0 Å². The van der Waals surface area contributed by atoms with E-state index in [-0.39, 0.29) is 0 Å². The van der Waals surface area contributed by atoms with Crippen molar-refractivity contribution in [2.45, 2.75) is 155 Å². The summed E-state index contributed by atoms with van der Waals surface area (Å²) < 4.78 is 0. The molecule has 0 amide bonds. The minimum atomic E-state index is 0.644. The van der Waals surface area contributed by atoms with Crippen molar-refractivity contribution in [3.05, 3.63) is 12.4 Å². The molecule has 0 saturated heterocycles. The van der Waals surface area contributed by atoms with Crippen molar-refractivity contribution < 1.29 is 0 Å². The predicted octanol–water partition coefficient (Wildman–Crippen LogP) is 9.26. The van der Waals surface area contributed by atoms with Crippen LogP contribution in [-0.4, -0.2) is 29.1 Å². The normalized spacial score (nSPS) is 14.4. The molecule has 0 radical (unpaired) electrons. The minimum absolute atomic E-state index is 0.644. The summed E-state index contributed by atoms with van der Waals surface area (Å²) >= 11 is 0. The molecule has 30 heavy (non-hydrogen) atoms. The Hall–Kier alpha value is -0.660. The van der Waals surface area contributed by atoms with Crippen LogP contribution in [0.25, 0.3) is 0 Å². The molecule has 0 aliphatic carbocycles. The molecule has 2 heteroatoms. The van der Waals surface area contributed by atoms with Crippen LogP contribution >= 0.6 is 0 Å². The van der Waals surface area contributed by atoms with Crippen molar-refractivity contribution in [3.63, 3.8) is 0 Å². The Bertz CT molecular complexity index is 361. The van der Waals surface area contributed by atoms with Crippen LogP contribution in [0.5, 0.6) is 0 Å². The van der Waals surface area contributed by atoms with E-state index in [4.69, 9.17) is 0 Å². The summed E-state index contributed by atoms with van der Waals surface area (Å²) in [5, 5.41) is 0. The fourth-order valence-corrected chi connectivity index (χ4v) is 4.72. The van der Waals surface area contributed by atoms with Gasteiger partial charge in [0.15, 0.2) is 0 Å². The average molecular weight is 421 g/mol. The first-order chi connectivity index (χ1) is 14.8. The van der Waals surface area contributed by atoms with E-state index in [1.807, 2.05) is 0 Å². The lowest BCUT2D eigenvalue weighted by Gasteiger charge is -2.33. The molecular weight excluding hydrogens is 364 g/mol. The van der Waals surface area contributed by atoms with Gasteiger partial charge in [0.05, 0.1) is 0 Å². The van der Waals surface area contributed by atoms with E-state index < -0.39 is 0 Å². The van der Waals surface area contributed by atoms with Crippen molar-refractivity contribution >= 4 is 0 Å². The summed E-state index contributed by atoms with van der Waals surface area (Å²) in [7, 11) is 0. The highest BCUT2D eigenvalue weighted by atomic mass is 15.4. The zero-order chi connectivity index (χ0) is 21.7. The molecule has 0 aromatic carbocycles. The summed E-state index contributed by atoms with van der Waals surface area (Å²) in [5.74, 6) is 0. The Morgan fingerprint density at radius 3 is 1.13 bits per heavy atom. The van der Waals surface area contributed by atoms with Crippen LogP contribution in [0.1, 0.15) is 149 Å². The molecule has 0 fully saturated rings. The molecule has 0 saturated carbocycles. The molecule has 178 valence electrons. The maximum Gasteiger partial charge on any atom is 0.101 e. The third kappa shape index (κ3) is 13.6. The molecule has 1 aliphatic rings. The van der Waals surface area contributed by atoms with Gasteiger partial charge in [0.25, 0.3) is 0 Å². The second-order valence-corrected chi connectivity index (χ2v) is 9.70. The van der Waals surface area contributed by atoms with Crippen molar-refractivity contribution in [2.75, 3.05) is 13.1 Å². The topological polar surface area (TPSA) is 6.48 Å². The third-order valence-corrected chi connectivity index (χ3v) is 6.82. The van der Waals surface area contributed by atoms with Gasteiger partial charge in [-0.15, -0.1) is 0 Å². The van der Waals surface area contributed by atoms with Crippen LogP contribution in [-0.2, 0) is 0 Å². The molecule has 0 spiro atoms. The zero-order valence-corrected chi connectivity index (χ0v) is 21.2. The molecule has 0 aromatic rings. The Morgan fingerprint density at radius 2 is 0.767 bits per heavy atom. The summed E-state index contributed by atoms with van der Waals surface area (Å²) in [4.78, 5) is 5.23. The molecule has 0 N–H and O–H groups in total. The van der Waals surface area contributed by atoms with Gasteiger partial charge >= 0.3 is 0 Å². The number of hydrogen-bond donors (Lipinski definition) is 0. The van der Waals surface area contributed by atoms with E-state index in [1.54, 1.807) is 0 Å². The predicted molar refractivity (Wildman–Crippen MR) is 136 cm³/mol. The number of rotatable bonds is 22. The Labute approximate surface area is 190 Å². The van der Waals surface area contributed by atoms with Crippen LogP contribution in [0.2, 0.25) is 0 Å². The Morgan fingerprint density at radius 1 is 0.433 bits per heavy atom. The van der Waals surface area contributed by atoms with Crippen molar-refractivity contribution in [1.29, 1.82) is 0 Å². The lowest BCUT2D eigenvalue weighted by Crippen LogP contribution is -2.39. The van der Waals surface area contributed by atoms with E-state index in [2.05, 4.69) is 43.0 Å². The van der Waals surface area contributed by atoms with E-state index in [1.165, 1.54) is 142 Å². The molecule has 1 heterocycles. The number of nitrogens with zero attached hydrogens (tertiary/aromatic N) is 2. The molecule has 0 bridgehead atoms. The summed E-state index contributed by atoms with van der Waals surface area (Å²) in [6.07, 6.45) is 33.7. The van der Waals surface area contributed by atoms with Gasteiger partial charge in [0, 0.05) is 25.5 Å². The van der Waals surface area contributed by atoms with Gasteiger partial charge in [-0.3, -0.25) is 0 Å². The lowest BCUT2D eigenvalue weighted by molar-refractivity contribution is 0.136. The molecule has 0 unspecified atom stereocenters. The first-order valence-electron chi connectivity index (χ1n) is 14.0. The van der Waals surface area contributed by atoms with Crippen LogP contribution < -0.4 is 0 Å². The quantitative estimate of drug-likeness (QED) is 0.161. The minimum Gasteiger partial charge on any atom is -0.356 e. The Kier molecular flexibility index (Phi) is 18.5. The molecule has 1 aliphatic heterocycles. The summed E-state index contributed by atoms with van der Waals surface area (Å²) in [5.41, 5.74) is 0. The lowest BCUT2D eigenvalue weighted by atomic mass is 10.0. The van der Waals surface area contributed by atoms with Gasteiger partial charge in [-0.2, -0.15) is 0 Å². The van der Waals surface area contributed by atoms with Crippen LogP contribution in [0.4, 0.5) is 0 Å². The first-order valence-corrected chi connectivity index (χ1v) is 14.0. The molecule has 1 rings (SSSR count). The van der Waals surface area contributed by atoms with Gasteiger partial charge in [0.1, 0.15) is 6.17 Å². The van der Waals surface area contributed by atoms with Crippen LogP contribution in [0.15, 0.2) is 12.4 Å². The van der Waals surface area contributed by atoms with E-state index in [0.717, 1.165) is 0 Å². The monoisotopic (exact) mass is 420 g/mol. The fraction of sp³-hybridized carbons (Fsp3) is 0.929. The molecule has 0 aromatic heterocycles. The molecule has 2 nitrogen and oxygen atoms in total. The average Bonchev–Trinajstić information content (AvgIpc) is 3.14. The second-order valence-electron chi connectivity index (χ2n) is 9.70. The standard InChI is InChI=1S/C28H56N2/c1-4-7-10-11-12-13-14-15-16-17-18-19-20-21-22-23-28-29(24-8-5-2)26-27-30(28)25-9-6-3/h26-28H,4-25H2,1-3H3.